The van der Waals surface area contributed by atoms with Crippen LogP contribution in [0.3, 0.4) is 0 Å². The third-order valence-electron chi connectivity index (χ3n) is 1.73. The Hall–Kier alpha value is -2.44. The molecule has 0 saturated carbocycles. The molecule has 0 atom stereocenters. The molecule has 90 valence electrons. The monoisotopic (exact) mass is 237 g/mol. The second kappa shape index (κ2) is 6.21. The highest BCUT2D eigenvalue weighted by molar-refractivity contribution is 5.96. The number of rotatable bonds is 3. The van der Waals surface area contributed by atoms with E-state index >= 15 is 0 Å². The third kappa shape index (κ3) is 4.29. The topological polar surface area (TPSA) is 97.4 Å². The highest BCUT2D eigenvalue weighted by atomic mass is 16.5. The Morgan fingerprint density at radius 1 is 1.29 bits per heavy atom. The Morgan fingerprint density at radius 3 is 2.53 bits per heavy atom. The van der Waals surface area contributed by atoms with Crippen molar-refractivity contribution in [3.05, 3.63) is 30.1 Å². The van der Waals surface area contributed by atoms with E-state index in [2.05, 4.69) is 15.0 Å². The highest BCUT2D eigenvalue weighted by Crippen LogP contribution is 1.98. The van der Waals surface area contributed by atoms with Crippen molar-refractivity contribution in [2.75, 3.05) is 13.7 Å². The predicted molar refractivity (Wildman–Crippen MR) is 57.1 cm³/mol. The lowest BCUT2D eigenvalue weighted by Gasteiger charge is -2.04. The van der Waals surface area contributed by atoms with Gasteiger partial charge in [0.15, 0.2) is 6.61 Å². The molecule has 1 rings (SSSR count). The van der Waals surface area contributed by atoms with Crippen molar-refractivity contribution in [2.45, 2.75) is 0 Å². The van der Waals surface area contributed by atoms with Gasteiger partial charge in [0.05, 0.1) is 5.56 Å². The minimum absolute atomic E-state index is 0.285. The van der Waals surface area contributed by atoms with Gasteiger partial charge in [-0.2, -0.15) is 0 Å². The molecule has 7 heteroatoms. The normalized spacial score (nSPS) is 9.24. The van der Waals surface area contributed by atoms with Crippen LogP contribution in [0.4, 0.5) is 4.79 Å². The number of hydrogen-bond donors (Lipinski definition) is 2. The minimum atomic E-state index is -0.702. The quantitative estimate of drug-likeness (QED) is 0.703. The van der Waals surface area contributed by atoms with Gasteiger partial charge >= 0.3 is 12.0 Å². The molecule has 17 heavy (non-hydrogen) atoms. The van der Waals surface area contributed by atoms with Crippen LogP contribution in [0.2, 0.25) is 0 Å². The fraction of sp³-hybridized carbons (Fsp3) is 0.200. The van der Waals surface area contributed by atoms with Crippen LogP contribution >= 0.6 is 0 Å². The lowest BCUT2D eigenvalue weighted by Crippen LogP contribution is -2.39. The molecule has 0 aliphatic rings. The van der Waals surface area contributed by atoms with Gasteiger partial charge in [0.25, 0.3) is 5.91 Å². The Kier molecular flexibility index (Phi) is 4.61. The lowest BCUT2D eigenvalue weighted by atomic mass is 10.3. The second-order valence-corrected chi connectivity index (χ2v) is 2.94. The Labute approximate surface area is 97.2 Å². The molecule has 2 N–H and O–H groups in total. The van der Waals surface area contributed by atoms with E-state index in [9.17, 15) is 14.4 Å². The van der Waals surface area contributed by atoms with Gasteiger partial charge in [0.2, 0.25) is 0 Å². The van der Waals surface area contributed by atoms with Crippen molar-refractivity contribution < 1.29 is 19.1 Å². The number of carbonyl (C=O) groups excluding carboxylic acids is 3. The van der Waals surface area contributed by atoms with Crippen molar-refractivity contribution in [1.29, 1.82) is 0 Å². The zero-order valence-corrected chi connectivity index (χ0v) is 9.10. The molecule has 0 aliphatic heterocycles. The number of pyridine rings is 1. The molecule has 1 heterocycles. The van der Waals surface area contributed by atoms with Gasteiger partial charge in [-0.25, -0.2) is 9.59 Å². The van der Waals surface area contributed by atoms with Crippen LogP contribution in [0.25, 0.3) is 0 Å². The molecule has 0 unspecified atom stereocenters. The molecular formula is C10H11N3O4. The number of hydrogen-bond acceptors (Lipinski definition) is 5. The van der Waals surface area contributed by atoms with E-state index in [1.807, 2.05) is 5.32 Å². The largest absolute Gasteiger partial charge is 0.452 e. The number of carbonyl (C=O) groups is 3. The number of imide groups is 1. The zero-order valence-electron chi connectivity index (χ0n) is 9.10. The van der Waals surface area contributed by atoms with E-state index in [1.54, 1.807) is 0 Å². The lowest BCUT2D eigenvalue weighted by molar-refractivity contribution is -0.123. The first kappa shape index (κ1) is 12.6. The molecule has 7 nitrogen and oxygen atoms in total. The summed E-state index contributed by atoms with van der Waals surface area (Å²) in [7, 11) is 1.37. The number of amides is 3. The van der Waals surface area contributed by atoms with E-state index in [4.69, 9.17) is 0 Å². The van der Waals surface area contributed by atoms with E-state index < -0.39 is 24.5 Å². The van der Waals surface area contributed by atoms with Crippen molar-refractivity contribution in [3.63, 3.8) is 0 Å². The van der Waals surface area contributed by atoms with Crippen molar-refractivity contribution in [2.24, 2.45) is 0 Å². The van der Waals surface area contributed by atoms with Crippen LogP contribution in [0, 0.1) is 0 Å². The average Bonchev–Trinajstić information content (AvgIpc) is 2.36. The number of esters is 1. The summed E-state index contributed by atoms with van der Waals surface area (Å²) in [5.74, 6) is -1.36. The van der Waals surface area contributed by atoms with E-state index in [0.717, 1.165) is 0 Å². The molecule has 1 aromatic heterocycles. The molecule has 0 spiro atoms. The Balaban J connectivity index is 2.39. The molecule has 0 bridgehead atoms. The molecule has 0 aromatic carbocycles. The number of nitrogens with zero attached hydrogens (tertiary/aromatic N) is 1. The summed E-state index contributed by atoms with van der Waals surface area (Å²) >= 11 is 0. The van der Waals surface area contributed by atoms with Gasteiger partial charge in [0.1, 0.15) is 0 Å². The van der Waals surface area contributed by atoms with Crippen LogP contribution < -0.4 is 10.6 Å². The molecule has 0 aliphatic carbocycles. The van der Waals surface area contributed by atoms with Crippen molar-refractivity contribution in [3.8, 4) is 0 Å². The first-order valence-corrected chi connectivity index (χ1v) is 4.72. The number of aromatic nitrogens is 1. The Bertz CT molecular complexity index is 419. The maximum atomic E-state index is 11.4. The summed E-state index contributed by atoms with van der Waals surface area (Å²) < 4.78 is 4.68. The number of nitrogens with one attached hydrogen (secondary N) is 2. The van der Waals surface area contributed by atoms with Crippen molar-refractivity contribution >= 4 is 17.9 Å². The van der Waals surface area contributed by atoms with E-state index in [1.165, 1.54) is 31.6 Å². The average molecular weight is 237 g/mol. The fourth-order valence-corrected chi connectivity index (χ4v) is 0.928. The van der Waals surface area contributed by atoms with Gasteiger partial charge in [-0.1, -0.05) is 0 Å². The van der Waals surface area contributed by atoms with Gasteiger partial charge in [-0.3, -0.25) is 15.1 Å². The predicted octanol–water partition coefficient (Wildman–Crippen LogP) is -0.306. The molecule has 0 fully saturated rings. The zero-order chi connectivity index (χ0) is 12.7. The summed E-state index contributed by atoms with van der Waals surface area (Å²) in [5.41, 5.74) is 0.285. The van der Waals surface area contributed by atoms with Crippen LogP contribution in [0.15, 0.2) is 24.5 Å². The van der Waals surface area contributed by atoms with Crippen LogP contribution in [0.5, 0.6) is 0 Å². The van der Waals surface area contributed by atoms with Gasteiger partial charge in [-0.15, -0.1) is 0 Å². The van der Waals surface area contributed by atoms with E-state index in [0.29, 0.717) is 0 Å². The molecule has 0 radical (unpaired) electrons. The minimum Gasteiger partial charge on any atom is -0.452 e. The number of ether oxygens (including phenoxy) is 1. The second-order valence-electron chi connectivity index (χ2n) is 2.94. The summed E-state index contributed by atoms with van der Waals surface area (Å²) in [4.78, 5) is 36.9. The van der Waals surface area contributed by atoms with Crippen LogP contribution in [-0.2, 0) is 9.53 Å². The maximum absolute atomic E-state index is 11.4. The van der Waals surface area contributed by atoms with Crippen LogP contribution in [-0.4, -0.2) is 36.5 Å². The van der Waals surface area contributed by atoms with Gasteiger partial charge < -0.3 is 10.1 Å². The summed E-state index contributed by atoms with van der Waals surface area (Å²) in [6.45, 7) is -0.519. The summed E-state index contributed by atoms with van der Waals surface area (Å²) in [6, 6.07) is 2.26. The van der Waals surface area contributed by atoms with Crippen LogP contribution in [0.1, 0.15) is 10.4 Å². The van der Waals surface area contributed by atoms with Gasteiger partial charge in [-0.05, 0) is 12.1 Å². The first-order valence-electron chi connectivity index (χ1n) is 4.72. The molecular weight excluding hydrogens is 226 g/mol. The standard InChI is InChI=1S/C10H11N3O4/c1-11-10(16)13-8(14)6-17-9(15)7-2-4-12-5-3-7/h2-5H,6H2,1H3,(H2,11,13,14,16). The molecule has 1 aromatic rings. The maximum Gasteiger partial charge on any atom is 0.338 e. The van der Waals surface area contributed by atoms with Crippen molar-refractivity contribution in [1.82, 2.24) is 15.6 Å². The molecule has 3 amide bonds. The molecule has 0 saturated heterocycles. The number of urea groups is 1. The Morgan fingerprint density at radius 2 is 1.94 bits per heavy atom. The first-order chi connectivity index (χ1) is 8.13. The summed E-state index contributed by atoms with van der Waals surface area (Å²) in [6.07, 6.45) is 2.86. The highest BCUT2D eigenvalue weighted by Gasteiger charge is 2.11. The smallest absolute Gasteiger partial charge is 0.338 e. The fourth-order valence-electron chi connectivity index (χ4n) is 0.928. The van der Waals surface area contributed by atoms with Gasteiger partial charge in [0, 0.05) is 19.4 Å². The van der Waals surface area contributed by atoms with E-state index in [-0.39, 0.29) is 5.56 Å². The third-order valence-corrected chi connectivity index (χ3v) is 1.73. The summed E-state index contributed by atoms with van der Waals surface area (Å²) in [5, 5.41) is 4.15. The SMILES string of the molecule is CNC(=O)NC(=O)COC(=O)c1ccncc1.